The zero-order chi connectivity index (χ0) is 9.31. The van der Waals surface area contributed by atoms with E-state index in [1.807, 2.05) is 12.1 Å². The molecule has 1 heteroatoms. The van der Waals surface area contributed by atoms with E-state index in [0.29, 0.717) is 5.41 Å². The van der Waals surface area contributed by atoms with Crippen LogP contribution < -0.4 is 0 Å². The molecule has 0 bridgehead atoms. The van der Waals surface area contributed by atoms with E-state index in [1.165, 1.54) is 24.8 Å². The van der Waals surface area contributed by atoms with Crippen molar-refractivity contribution in [2.75, 3.05) is 0 Å². The lowest BCUT2D eigenvalue weighted by Gasteiger charge is -2.41. The monoisotopic (exact) mass is 193 g/mol. The summed E-state index contributed by atoms with van der Waals surface area (Å²) < 4.78 is 0. The standard InChI is InChI=1S/C12H14Cl/c1-2-12(8-3-9-12)10-4-6-11(13)7-5-10/h2,4-7H,3,8-9H2,1H3. The second-order valence-electron chi connectivity index (χ2n) is 3.81. The van der Waals surface area contributed by atoms with Gasteiger partial charge in [0, 0.05) is 5.02 Å². The fourth-order valence-corrected chi connectivity index (χ4v) is 2.21. The maximum Gasteiger partial charge on any atom is 0.0406 e. The summed E-state index contributed by atoms with van der Waals surface area (Å²) in [4.78, 5) is 0. The third-order valence-electron chi connectivity index (χ3n) is 3.22. The second kappa shape index (κ2) is 3.34. The zero-order valence-electron chi connectivity index (χ0n) is 7.89. The molecular formula is C12H14Cl. The van der Waals surface area contributed by atoms with Gasteiger partial charge in [-0.05, 0) is 42.4 Å². The summed E-state index contributed by atoms with van der Waals surface area (Å²) in [6, 6.07) is 8.28. The highest BCUT2D eigenvalue weighted by atomic mass is 35.5. The zero-order valence-corrected chi connectivity index (χ0v) is 8.64. The average molecular weight is 194 g/mol. The van der Waals surface area contributed by atoms with E-state index in [-0.39, 0.29) is 0 Å². The van der Waals surface area contributed by atoms with Gasteiger partial charge in [0.1, 0.15) is 0 Å². The molecule has 0 spiro atoms. The molecule has 1 aromatic carbocycles. The lowest BCUT2D eigenvalue weighted by molar-refractivity contribution is 0.289. The van der Waals surface area contributed by atoms with Crippen LogP contribution in [-0.4, -0.2) is 0 Å². The summed E-state index contributed by atoms with van der Waals surface area (Å²) in [5.41, 5.74) is 1.79. The van der Waals surface area contributed by atoms with Crippen molar-refractivity contribution in [2.45, 2.75) is 31.6 Å². The van der Waals surface area contributed by atoms with Crippen molar-refractivity contribution in [1.29, 1.82) is 0 Å². The largest absolute Gasteiger partial charge is 0.0843 e. The first-order chi connectivity index (χ1) is 6.27. The van der Waals surface area contributed by atoms with Crippen molar-refractivity contribution in [3.05, 3.63) is 41.3 Å². The van der Waals surface area contributed by atoms with Crippen LogP contribution in [0.4, 0.5) is 0 Å². The smallest absolute Gasteiger partial charge is 0.0406 e. The Morgan fingerprint density at radius 1 is 1.23 bits per heavy atom. The van der Waals surface area contributed by atoms with E-state index in [2.05, 4.69) is 25.5 Å². The van der Waals surface area contributed by atoms with Gasteiger partial charge in [-0.2, -0.15) is 0 Å². The Hall–Kier alpha value is -0.490. The third-order valence-corrected chi connectivity index (χ3v) is 3.47. The van der Waals surface area contributed by atoms with E-state index in [0.717, 1.165) is 5.02 Å². The molecule has 0 saturated heterocycles. The molecule has 1 fully saturated rings. The number of rotatable bonds is 2. The number of benzene rings is 1. The van der Waals surface area contributed by atoms with Crippen LogP contribution in [0.3, 0.4) is 0 Å². The molecular weight excluding hydrogens is 180 g/mol. The topological polar surface area (TPSA) is 0 Å². The van der Waals surface area contributed by atoms with Gasteiger partial charge in [0.25, 0.3) is 0 Å². The lowest BCUT2D eigenvalue weighted by Crippen LogP contribution is -2.33. The molecule has 69 valence electrons. The van der Waals surface area contributed by atoms with Crippen LogP contribution in [0.25, 0.3) is 0 Å². The minimum Gasteiger partial charge on any atom is -0.0843 e. The summed E-state index contributed by atoms with van der Waals surface area (Å²) in [5, 5.41) is 0.828. The van der Waals surface area contributed by atoms with Crippen LogP contribution in [0.1, 0.15) is 31.7 Å². The number of halogens is 1. The van der Waals surface area contributed by atoms with Gasteiger partial charge < -0.3 is 0 Å². The number of hydrogen-bond acceptors (Lipinski definition) is 0. The van der Waals surface area contributed by atoms with Gasteiger partial charge in [0.15, 0.2) is 0 Å². The van der Waals surface area contributed by atoms with Crippen molar-refractivity contribution >= 4 is 11.6 Å². The van der Waals surface area contributed by atoms with Gasteiger partial charge >= 0.3 is 0 Å². The van der Waals surface area contributed by atoms with Gasteiger partial charge in [-0.25, -0.2) is 0 Å². The summed E-state index contributed by atoms with van der Waals surface area (Å²) in [7, 11) is 0. The predicted octanol–water partition coefficient (Wildman–Crippen LogP) is 3.99. The van der Waals surface area contributed by atoms with Gasteiger partial charge in [-0.15, -0.1) is 0 Å². The molecule has 1 radical (unpaired) electrons. The highest BCUT2D eigenvalue weighted by molar-refractivity contribution is 6.30. The Bertz CT molecular complexity index is 277. The van der Waals surface area contributed by atoms with Crippen LogP contribution >= 0.6 is 11.6 Å². The molecule has 1 saturated carbocycles. The molecule has 0 amide bonds. The maximum atomic E-state index is 5.86. The molecule has 0 aliphatic heterocycles. The summed E-state index contributed by atoms with van der Waals surface area (Å²) in [6.07, 6.45) is 6.28. The van der Waals surface area contributed by atoms with E-state index in [9.17, 15) is 0 Å². The number of hydrogen-bond donors (Lipinski definition) is 0. The van der Waals surface area contributed by atoms with Crippen LogP contribution in [0.15, 0.2) is 24.3 Å². The highest BCUT2D eigenvalue weighted by Crippen LogP contribution is 2.45. The summed E-state index contributed by atoms with van der Waals surface area (Å²) in [6.45, 7) is 2.16. The molecule has 0 heterocycles. The first-order valence-corrected chi connectivity index (χ1v) is 5.21. The van der Waals surface area contributed by atoms with Crippen molar-refractivity contribution < 1.29 is 0 Å². The molecule has 0 nitrogen and oxygen atoms in total. The Morgan fingerprint density at radius 3 is 2.23 bits per heavy atom. The first-order valence-electron chi connectivity index (χ1n) is 4.83. The quantitative estimate of drug-likeness (QED) is 0.667. The van der Waals surface area contributed by atoms with Crippen LogP contribution in [-0.2, 0) is 5.41 Å². The van der Waals surface area contributed by atoms with Gasteiger partial charge in [-0.3, -0.25) is 0 Å². The molecule has 0 unspecified atom stereocenters. The minimum absolute atomic E-state index is 0.366. The normalized spacial score (nSPS) is 19.5. The van der Waals surface area contributed by atoms with Crippen molar-refractivity contribution in [2.24, 2.45) is 0 Å². The second-order valence-corrected chi connectivity index (χ2v) is 4.24. The Kier molecular flexibility index (Phi) is 2.33. The van der Waals surface area contributed by atoms with Crippen molar-refractivity contribution in [3.63, 3.8) is 0 Å². The third kappa shape index (κ3) is 1.48. The van der Waals surface area contributed by atoms with E-state index in [4.69, 9.17) is 11.6 Å². The Morgan fingerprint density at radius 2 is 1.85 bits per heavy atom. The molecule has 2 rings (SSSR count). The van der Waals surface area contributed by atoms with Crippen LogP contribution in [0.2, 0.25) is 5.02 Å². The Balaban J connectivity index is 2.28. The minimum atomic E-state index is 0.366. The predicted molar refractivity (Wildman–Crippen MR) is 57.0 cm³/mol. The first kappa shape index (κ1) is 9.08. The molecule has 0 aromatic heterocycles. The van der Waals surface area contributed by atoms with Crippen molar-refractivity contribution in [1.82, 2.24) is 0 Å². The SMILES string of the molecule is C[CH]C1(c2ccc(Cl)cc2)CCC1. The van der Waals surface area contributed by atoms with Gasteiger partial charge in [0.2, 0.25) is 0 Å². The Labute approximate surface area is 84.9 Å². The average Bonchev–Trinajstić information content (AvgIpc) is 2.07. The van der Waals surface area contributed by atoms with Crippen molar-refractivity contribution in [3.8, 4) is 0 Å². The van der Waals surface area contributed by atoms with Gasteiger partial charge in [0.05, 0.1) is 0 Å². The molecule has 1 aliphatic rings. The van der Waals surface area contributed by atoms with Crippen LogP contribution in [0.5, 0.6) is 0 Å². The highest BCUT2D eigenvalue weighted by Gasteiger charge is 2.36. The molecule has 1 aliphatic carbocycles. The van der Waals surface area contributed by atoms with E-state index < -0.39 is 0 Å². The van der Waals surface area contributed by atoms with E-state index >= 15 is 0 Å². The molecule has 1 aromatic rings. The molecule has 13 heavy (non-hydrogen) atoms. The summed E-state index contributed by atoms with van der Waals surface area (Å²) >= 11 is 5.86. The lowest BCUT2D eigenvalue weighted by atomic mass is 9.63. The fourth-order valence-electron chi connectivity index (χ4n) is 2.08. The van der Waals surface area contributed by atoms with Gasteiger partial charge in [-0.1, -0.05) is 37.1 Å². The maximum absolute atomic E-state index is 5.86. The van der Waals surface area contributed by atoms with Crippen LogP contribution in [0, 0.1) is 6.42 Å². The summed E-state index contributed by atoms with van der Waals surface area (Å²) in [5.74, 6) is 0. The fraction of sp³-hybridized carbons (Fsp3) is 0.417. The molecule has 0 atom stereocenters. The molecule has 0 N–H and O–H groups in total. The van der Waals surface area contributed by atoms with E-state index in [1.54, 1.807) is 0 Å².